The number of hydrogen-bond donors (Lipinski definition) is 0. The van der Waals surface area contributed by atoms with E-state index in [2.05, 4.69) is 49.8 Å². The summed E-state index contributed by atoms with van der Waals surface area (Å²) in [5.74, 6) is 0.673. The first-order chi connectivity index (χ1) is 7.54. The summed E-state index contributed by atoms with van der Waals surface area (Å²) in [5.41, 5.74) is 0. The van der Waals surface area contributed by atoms with E-state index in [1.54, 1.807) is 12.1 Å². The van der Waals surface area contributed by atoms with Crippen LogP contribution in [0.2, 0.25) is 28.2 Å². The van der Waals surface area contributed by atoms with E-state index in [1.165, 1.54) is 0 Å². The number of rotatable bonds is 2. The molecule has 0 aromatic heterocycles. The molecule has 17 heavy (non-hydrogen) atoms. The minimum absolute atomic E-state index is 0.135. The molecular formula is C12H17BrCl2OSi. The van der Waals surface area contributed by atoms with E-state index in [4.69, 9.17) is 27.6 Å². The molecule has 0 amide bonds. The molecule has 0 bridgehead atoms. The first-order valence-corrected chi connectivity index (χ1v) is 9.84. The molecule has 5 heteroatoms. The third kappa shape index (κ3) is 3.63. The Morgan fingerprint density at radius 3 is 2.12 bits per heavy atom. The summed E-state index contributed by atoms with van der Waals surface area (Å²) < 4.78 is 6.92. The highest BCUT2D eigenvalue weighted by Crippen LogP contribution is 2.41. The van der Waals surface area contributed by atoms with Gasteiger partial charge in [-0.25, -0.2) is 0 Å². The maximum absolute atomic E-state index is 6.17. The van der Waals surface area contributed by atoms with Gasteiger partial charge in [-0.05, 0) is 40.1 Å². The molecule has 0 aliphatic carbocycles. The Kier molecular flexibility index (Phi) is 4.62. The zero-order valence-electron chi connectivity index (χ0n) is 10.7. The average molecular weight is 356 g/mol. The van der Waals surface area contributed by atoms with Crippen molar-refractivity contribution in [1.29, 1.82) is 0 Å². The average Bonchev–Trinajstić information content (AvgIpc) is 2.12. The summed E-state index contributed by atoms with van der Waals surface area (Å²) in [6.45, 7) is 10.9. The van der Waals surface area contributed by atoms with Gasteiger partial charge in [-0.15, -0.1) is 0 Å². The Morgan fingerprint density at radius 1 is 1.12 bits per heavy atom. The molecule has 1 nitrogen and oxygen atoms in total. The minimum Gasteiger partial charge on any atom is -0.542 e. The molecule has 1 aromatic carbocycles. The normalized spacial score (nSPS) is 12.7. The predicted octanol–water partition coefficient (Wildman–Crippen LogP) is 6.14. The van der Waals surface area contributed by atoms with Crippen molar-refractivity contribution in [3.63, 3.8) is 0 Å². The molecule has 0 unspecified atom stereocenters. The molecule has 0 saturated heterocycles. The van der Waals surface area contributed by atoms with Gasteiger partial charge in [-0.2, -0.15) is 0 Å². The van der Waals surface area contributed by atoms with Gasteiger partial charge < -0.3 is 4.43 Å². The third-order valence-electron chi connectivity index (χ3n) is 3.15. The van der Waals surface area contributed by atoms with E-state index in [1.807, 2.05) is 0 Å². The van der Waals surface area contributed by atoms with Crippen LogP contribution in [0.25, 0.3) is 0 Å². The largest absolute Gasteiger partial charge is 0.542 e. The maximum atomic E-state index is 6.17. The lowest BCUT2D eigenvalue weighted by Gasteiger charge is -2.36. The maximum Gasteiger partial charge on any atom is 0.250 e. The quantitative estimate of drug-likeness (QED) is 0.457. The summed E-state index contributed by atoms with van der Waals surface area (Å²) in [5, 5.41) is 1.34. The number of benzene rings is 1. The Morgan fingerprint density at radius 2 is 1.65 bits per heavy atom. The van der Waals surface area contributed by atoms with Gasteiger partial charge in [0.05, 0.1) is 10.0 Å². The van der Waals surface area contributed by atoms with Crippen LogP contribution in [0.3, 0.4) is 0 Å². The first kappa shape index (κ1) is 15.4. The Bertz CT molecular complexity index is 427. The lowest BCUT2D eigenvalue weighted by molar-refractivity contribution is 0.492. The van der Waals surface area contributed by atoms with Crippen LogP contribution in [0.1, 0.15) is 20.8 Å². The molecule has 0 spiro atoms. The number of hydrogen-bond acceptors (Lipinski definition) is 1. The van der Waals surface area contributed by atoms with Crippen LogP contribution in [0, 0.1) is 0 Å². The Labute approximate surface area is 123 Å². The molecule has 0 saturated carbocycles. The van der Waals surface area contributed by atoms with Gasteiger partial charge in [0.2, 0.25) is 0 Å². The van der Waals surface area contributed by atoms with E-state index >= 15 is 0 Å². The van der Waals surface area contributed by atoms with Crippen LogP contribution >= 0.6 is 39.1 Å². The summed E-state index contributed by atoms with van der Waals surface area (Å²) in [7, 11) is -1.88. The first-order valence-electron chi connectivity index (χ1n) is 5.38. The second-order valence-corrected chi connectivity index (χ2v) is 12.0. The molecular weight excluding hydrogens is 339 g/mol. The zero-order chi connectivity index (χ0) is 13.4. The smallest absolute Gasteiger partial charge is 0.250 e. The molecule has 0 fully saturated rings. The van der Waals surface area contributed by atoms with Gasteiger partial charge in [0.25, 0.3) is 8.32 Å². The number of halogens is 3. The van der Waals surface area contributed by atoms with Crippen molar-refractivity contribution in [2.45, 2.75) is 38.9 Å². The Hall–Kier alpha value is 0.297. The molecule has 96 valence electrons. The van der Waals surface area contributed by atoms with E-state index in [-0.39, 0.29) is 5.04 Å². The molecule has 0 N–H and O–H groups in total. The van der Waals surface area contributed by atoms with Crippen molar-refractivity contribution >= 4 is 47.4 Å². The van der Waals surface area contributed by atoms with Crippen molar-refractivity contribution in [2.24, 2.45) is 0 Å². The predicted molar refractivity (Wildman–Crippen MR) is 82.0 cm³/mol. The second-order valence-electron chi connectivity index (χ2n) is 5.56. The standard InChI is InChI=1S/C12H17BrCl2OSi/c1-12(2,3)17(4,5)16-11-7-9(14)8(13)6-10(11)15/h6-7H,1-5H3. The highest BCUT2D eigenvalue weighted by molar-refractivity contribution is 9.10. The summed E-state index contributed by atoms with van der Waals surface area (Å²) in [6.07, 6.45) is 0. The highest BCUT2D eigenvalue weighted by atomic mass is 79.9. The van der Waals surface area contributed by atoms with Crippen LogP contribution in [0.4, 0.5) is 0 Å². The fourth-order valence-corrected chi connectivity index (χ4v) is 2.93. The Balaban J connectivity index is 3.08. The summed E-state index contributed by atoms with van der Waals surface area (Å²) in [4.78, 5) is 0. The van der Waals surface area contributed by atoms with Gasteiger partial charge in [0.1, 0.15) is 5.75 Å². The van der Waals surface area contributed by atoms with Crippen molar-refractivity contribution in [1.82, 2.24) is 0 Å². The van der Waals surface area contributed by atoms with Gasteiger partial charge in [0.15, 0.2) is 0 Å². The van der Waals surface area contributed by atoms with Gasteiger partial charge in [-0.1, -0.05) is 44.0 Å². The van der Waals surface area contributed by atoms with Crippen LogP contribution in [-0.2, 0) is 0 Å². The summed E-state index contributed by atoms with van der Waals surface area (Å²) >= 11 is 15.6. The van der Waals surface area contributed by atoms with Crippen LogP contribution < -0.4 is 4.43 Å². The molecule has 0 radical (unpaired) electrons. The van der Waals surface area contributed by atoms with Gasteiger partial charge >= 0.3 is 0 Å². The van der Waals surface area contributed by atoms with Crippen molar-refractivity contribution in [2.75, 3.05) is 0 Å². The lowest BCUT2D eigenvalue weighted by atomic mass is 10.2. The van der Waals surface area contributed by atoms with Crippen LogP contribution in [0.15, 0.2) is 16.6 Å². The minimum atomic E-state index is -1.88. The fraction of sp³-hybridized carbons (Fsp3) is 0.500. The van der Waals surface area contributed by atoms with Crippen LogP contribution in [-0.4, -0.2) is 8.32 Å². The van der Waals surface area contributed by atoms with Crippen molar-refractivity contribution in [3.05, 3.63) is 26.7 Å². The molecule has 0 aliphatic heterocycles. The zero-order valence-corrected chi connectivity index (χ0v) is 14.8. The van der Waals surface area contributed by atoms with E-state index in [9.17, 15) is 0 Å². The molecule has 1 aromatic rings. The third-order valence-corrected chi connectivity index (χ3v) is 8.98. The lowest BCUT2D eigenvalue weighted by Crippen LogP contribution is -2.43. The molecule has 0 atom stereocenters. The van der Waals surface area contributed by atoms with E-state index in [0.29, 0.717) is 15.8 Å². The van der Waals surface area contributed by atoms with Crippen molar-refractivity contribution < 1.29 is 4.43 Å². The molecule has 0 heterocycles. The fourth-order valence-electron chi connectivity index (χ4n) is 1.01. The summed E-state index contributed by atoms with van der Waals surface area (Å²) in [6, 6.07) is 3.54. The second kappa shape index (κ2) is 5.12. The van der Waals surface area contributed by atoms with E-state index in [0.717, 1.165) is 4.47 Å². The topological polar surface area (TPSA) is 9.23 Å². The van der Waals surface area contributed by atoms with Gasteiger partial charge in [0, 0.05) is 10.5 Å². The van der Waals surface area contributed by atoms with Gasteiger partial charge in [-0.3, -0.25) is 0 Å². The SMILES string of the molecule is CC(C)(C)[Si](C)(C)Oc1cc(Cl)c(Br)cc1Cl. The monoisotopic (exact) mass is 354 g/mol. The molecule has 0 aliphatic rings. The van der Waals surface area contributed by atoms with Crippen LogP contribution in [0.5, 0.6) is 5.75 Å². The highest BCUT2D eigenvalue weighted by Gasteiger charge is 2.39. The molecule has 1 rings (SSSR count). The van der Waals surface area contributed by atoms with Crippen molar-refractivity contribution in [3.8, 4) is 5.75 Å². The van der Waals surface area contributed by atoms with E-state index < -0.39 is 8.32 Å².